The molecule has 0 bridgehead atoms. The summed E-state index contributed by atoms with van der Waals surface area (Å²) in [5.74, 6) is -3.39. The Hall–Kier alpha value is -3.28. The maximum atomic E-state index is 13.1. The number of benzene rings is 3. The minimum atomic E-state index is -1.08. The lowest BCUT2D eigenvalue weighted by Gasteiger charge is -2.07. The van der Waals surface area contributed by atoms with Crippen LogP contribution < -0.4 is 5.32 Å². The van der Waals surface area contributed by atoms with Crippen molar-refractivity contribution in [3.05, 3.63) is 77.9 Å². The first kappa shape index (κ1) is 16.6. The summed E-state index contributed by atoms with van der Waals surface area (Å²) in [6, 6.07) is 15.5. The highest BCUT2D eigenvalue weighted by Gasteiger charge is 2.12. The largest absolute Gasteiger partial charge is 0.452 e. The van der Waals surface area contributed by atoms with Crippen molar-refractivity contribution in [2.24, 2.45) is 0 Å². The average Bonchev–Trinajstić information content (AvgIpc) is 2.62. The highest BCUT2D eigenvalue weighted by atomic mass is 19.2. The van der Waals surface area contributed by atoms with Crippen molar-refractivity contribution in [3.63, 3.8) is 0 Å². The summed E-state index contributed by atoms with van der Waals surface area (Å²) in [4.78, 5) is 23.8. The van der Waals surface area contributed by atoms with Gasteiger partial charge in [0.05, 0.1) is 5.56 Å². The third-order valence-corrected chi connectivity index (χ3v) is 3.52. The zero-order valence-corrected chi connectivity index (χ0v) is 13.0. The number of ether oxygens (including phenoxy) is 1. The van der Waals surface area contributed by atoms with Gasteiger partial charge in [0, 0.05) is 11.8 Å². The molecule has 6 heteroatoms. The Morgan fingerprint density at radius 1 is 0.880 bits per heavy atom. The van der Waals surface area contributed by atoms with Gasteiger partial charge >= 0.3 is 5.97 Å². The van der Waals surface area contributed by atoms with E-state index in [1.807, 2.05) is 24.3 Å². The zero-order chi connectivity index (χ0) is 17.8. The molecule has 0 aromatic heterocycles. The third-order valence-electron chi connectivity index (χ3n) is 3.52. The number of halogens is 2. The first-order chi connectivity index (χ1) is 12.0. The van der Waals surface area contributed by atoms with E-state index in [0.29, 0.717) is 5.56 Å². The molecule has 0 aliphatic rings. The molecule has 0 atom stereocenters. The summed E-state index contributed by atoms with van der Waals surface area (Å²) < 4.78 is 30.9. The summed E-state index contributed by atoms with van der Waals surface area (Å²) in [6.45, 7) is -0.537. The minimum Gasteiger partial charge on any atom is -0.452 e. The van der Waals surface area contributed by atoms with E-state index in [0.717, 1.165) is 22.9 Å². The summed E-state index contributed by atoms with van der Waals surface area (Å²) >= 11 is 0. The Kier molecular flexibility index (Phi) is 4.70. The summed E-state index contributed by atoms with van der Waals surface area (Å²) in [6.07, 6.45) is 0. The Bertz CT molecular complexity index is 956. The Labute approximate surface area is 142 Å². The molecule has 0 saturated heterocycles. The van der Waals surface area contributed by atoms with Gasteiger partial charge < -0.3 is 10.1 Å². The van der Waals surface area contributed by atoms with Gasteiger partial charge in [0.2, 0.25) is 0 Å². The molecule has 0 unspecified atom stereocenters. The smallest absolute Gasteiger partial charge is 0.338 e. The van der Waals surface area contributed by atoms with Crippen molar-refractivity contribution < 1.29 is 23.1 Å². The van der Waals surface area contributed by atoms with E-state index in [-0.39, 0.29) is 5.69 Å². The highest BCUT2D eigenvalue weighted by molar-refractivity contribution is 5.98. The van der Waals surface area contributed by atoms with Crippen molar-refractivity contribution in [1.29, 1.82) is 0 Å². The normalized spacial score (nSPS) is 10.5. The first-order valence-corrected chi connectivity index (χ1v) is 7.44. The Morgan fingerprint density at radius 3 is 2.40 bits per heavy atom. The van der Waals surface area contributed by atoms with Gasteiger partial charge in [0.25, 0.3) is 5.91 Å². The van der Waals surface area contributed by atoms with Gasteiger partial charge in [-0.2, -0.15) is 0 Å². The van der Waals surface area contributed by atoms with Crippen LogP contribution in [0.15, 0.2) is 60.7 Å². The zero-order valence-electron chi connectivity index (χ0n) is 13.0. The number of nitrogens with one attached hydrogen (secondary N) is 1. The fourth-order valence-corrected chi connectivity index (χ4v) is 2.30. The van der Waals surface area contributed by atoms with Crippen molar-refractivity contribution in [1.82, 2.24) is 0 Å². The van der Waals surface area contributed by atoms with Crippen LogP contribution in [0.2, 0.25) is 0 Å². The topological polar surface area (TPSA) is 55.4 Å². The minimum absolute atomic E-state index is 0.0747. The summed E-state index contributed by atoms with van der Waals surface area (Å²) in [5, 5.41) is 4.18. The molecule has 0 spiro atoms. The van der Waals surface area contributed by atoms with Gasteiger partial charge in [-0.3, -0.25) is 4.79 Å². The van der Waals surface area contributed by atoms with Crippen molar-refractivity contribution >= 4 is 28.3 Å². The van der Waals surface area contributed by atoms with Crippen molar-refractivity contribution in [2.75, 3.05) is 11.9 Å². The highest BCUT2D eigenvalue weighted by Crippen LogP contribution is 2.16. The molecular weight excluding hydrogens is 328 g/mol. The standard InChI is InChI=1S/C19H13F2NO3/c20-16-8-7-15(10-17(16)21)22-18(23)11-25-19(24)14-6-5-12-3-1-2-4-13(12)9-14/h1-10H,11H2,(H,22,23). The second-order valence-corrected chi connectivity index (χ2v) is 5.32. The molecule has 1 amide bonds. The molecule has 25 heavy (non-hydrogen) atoms. The molecule has 126 valence electrons. The molecule has 3 aromatic rings. The van der Waals surface area contributed by atoms with Crippen LogP contribution in [0.1, 0.15) is 10.4 Å². The van der Waals surface area contributed by atoms with E-state index in [9.17, 15) is 18.4 Å². The number of hydrogen-bond acceptors (Lipinski definition) is 3. The van der Waals surface area contributed by atoms with E-state index in [4.69, 9.17) is 4.74 Å². The van der Waals surface area contributed by atoms with Crippen LogP contribution in [-0.4, -0.2) is 18.5 Å². The second-order valence-electron chi connectivity index (χ2n) is 5.32. The quantitative estimate of drug-likeness (QED) is 0.732. The molecule has 0 aliphatic heterocycles. The molecule has 3 aromatic carbocycles. The van der Waals surface area contributed by atoms with E-state index in [1.165, 1.54) is 6.07 Å². The van der Waals surface area contributed by atoms with Gasteiger partial charge in [-0.1, -0.05) is 30.3 Å². The van der Waals surface area contributed by atoms with Crippen LogP contribution in [0.4, 0.5) is 14.5 Å². The van der Waals surface area contributed by atoms with Crippen molar-refractivity contribution in [2.45, 2.75) is 0 Å². The maximum Gasteiger partial charge on any atom is 0.338 e. The molecular formula is C19H13F2NO3. The van der Waals surface area contributed by atoms with Crippen LogP contribution >= 0.6 is 0 Å². The van der Waals surface area contributed by atoms with E-state index >= 15 is 0 Å². The molecule has 0 saturated carbocycles. The maximum absolute atomic E-state index is 13.1. The number of hydrogen-bond donors (Lipinski definition) is 1. The van der Waals surface area contributed by atoms with Crippen LogP contribution in [0.5, 0.6) is 0 Å². The van der Waals surface area contributed by atoms with Gasteiger partial charge in [0.15, 0.2) is 18.2 Å². The van der Waals surface area contributed by atoms with E-state index < -0.39 is 30.1 Å². The molecule has 0 heterocycles. The lowest BCUT2D eigenvalue weighted by molar-refractivity contribution is -0.119. The monoisotopic (exact) mass is 341 g/mol. The molecule has 4 nitrogen and oxygen atoms in total. The summed E-state index contributed by atoms with van der Waals surface area (Å²) in [5.41, 5.74) is 0.394. The number of carbonyl (C=O) groups excluding carboxylic acids is 2. The van der Waals surface area contributed by atoms with Crippen LogP contribution in [0.3, 0.4) is 0 Å². The predicted molar refractivity (Wildman–Crippen MR) is 89.2 cm³/mol. The lowest BCUT2D eigenvalue weighted by atomic mass is 10.1. The fourth-order valence-electron chi connectivity index (χ4n) is 2.30. The number of anilines is 1. The molecule has 0 aliphatic carbocycles. The number of amides is 1. The van der Waals surface area contributed by atoms with Gasteiger partial charge in [-0.05, 0) is 35.0 Å². The van der Waals surface area contributed by atoms with Gasteiger partial charge in [-0.15, -0.1) is 0 Å². The van der Waals surface area contributed by atoms with Crippen LogP contribution in [0, 0.1) is 11.6 Å². The molecule has 3 rings (SSSR count). The predicted octanol–water partition coefficient (Wildman–Crippen LogP) is 3.91. The SMILES string of the molecule is O=C(COC(=O)c1ccc2ccccc2c1)Nc1ccc(F)c(F)c1. The van der Waals surface area contributed by atoms with Gasteiger partial charge in [-0.25, -0.2) is 13.6 Å². The number of carbonyl (C=O) groups is 2. The van der Waals surface area contributed by atoms with Crippen LogP contribution in [0.25, 0.3) is 10.8 Å². The molecule has 0 fully saturated rings. The van der Waals surface area contributed by atoms with E-state index in [1.54, 1.807) is 18.2 Å². The number of fused-ring (bicyclic) bond motifs is 1. The average molecular weight is 341 g/mol. The fraction of sp³-hybridized carbons (Fsp3) is 0.0526. The second kappa shape index (κ2) is 7.09. The number of rotatable bonds is 4. The van der Waals surface area contributed by atoms with Crippen molar-refractivity contribution in [3.8, 4) is 0 Å². The third kappa shape index (κ3) is 3.98. The summed E-state index contributed by atoms with van der Waals surface area (Å²) in [7, 11) is 0. The first-order valence-electron chi connectivity index (χ1n) is 7.44. The molecule has 1 N–H and O–H groups in total. The van der Waals surface area contributed by atoms with Crippen LogP contribution in [-0.2, 0) is 9.53 Å². The van der Waals surface area contributed by atoms with E-state index in [2.05, 4.69) is 5.32 Å². The van der Waals surface area contributed by atoms with Gasteiger partial charge in [0.1, 0.15) is 0 Å². The Balaban J connectivity index is 1.60. The Morgan fingerprint density at radius 2 is 1.64 bits per heavy atom. The molecule has 0 radical (unpaired) electrons. The lowest BCUT2D eigenvalue weighted by Crippen LogP contribution is -2.21. The number of esters is 1.